The Morgan fingerprint density at radius 1 is 1.40 bits per heavy atom. The number of benzene rings is 1. The highest BCUT2D eigenvalue weighted by Gasteiger charge is 2.35. The van der Waals surface area contributed by atoms with Gasteiger partial charge in [-0.25, -0.2) is 0 Å². The van der Waals surface area contributed by atoms with Crippen LogP contribution < -0.4 is 0 Å². The van der Waals surface area contributed by atoms with E-state index in [1.165, 1.54) is 5.56 Å². The van der Waals surface area contributed by atoms with Crippen molar-refractivity contribution < 1.29 is 9.32 Å². The minimum atomic E-state index is 0.156. The van der Waals surface area contributed by atoms with Crippen LogP contribution in [0.25, 0.3) is 0 Å². The number of likely N-dealkylation sites (tertiary alicyclic amines) is 1. The van der Waals surface area contributed by atoms with Gasteiger partial charge >= 0.3 is 0 Å². The van der Waals surface area contributed by atoms with E-state index in [1.807, 2.05) is 30.0 Å². The minimum Gasteiger partial charge on any atom is -0.341 e. The molecule has 2 heterocycles. The predicted molar refractivity (Wildman–Crippen MR) is 73.2 cm³/mol. The van der Waals surface area contributed by atoms with Gasteiger partial charge in [0.2, 0.25) is 11.8 Å². The standard InChI is InChI=1S/C15H17N3O2/c1-10-4-3-5-12(6-10)7-14(19)18-8-13(9-18)15-16-11(2)17-20-15/h3-6,13H,7-9H2,1-2H3. The lowest BCUT2D eigenvalue weighted by molar-refractivity contribution is -0.135. The fourth-order valence-electron chi connectivity index (χ4n) is 2.43. The summed E-state index contributed by atoms with van der Waals surface area (Å²) in [5, 5.41) is 3.78. The van der Waals surface area contributed by atoms with Gasteiger partial charge in [0.1, 0.15) is 0 Å². The van der Waals surface area contributed by atoms with Crippen LogP contribution >= 0.6 is 0 Å². The molecule has 1 saturated heterocycles. The van der Waals surface area contributed by atoms with E-state index in [-0.39, 0.29) is 11.8 Å². The van der Waals surface area contributed by atoms with Crippen LogP contribution in [0.3, 0.4) is 0 Å². The smallest absolute Gasteiger partial charge is 0.233 e. The molecule has 0 spiro atoms. The van der Waals surface area contributed by atoms with Crippen molar-refractivity contribution in [3.8, 4) is 0 Å². The Balaban J connectivity index is 1.56. The van der Waals surface area contributed by atoms with Crippen molar-refractivity contribution in [2.45, 2.75) is 26.2 Å². The number of nitrogens with zero attached hydrogens (tertiary/aromatic N) is 3. The topological polar surface area (TPSA) is 59.2 Å². The Labute approximate surface area is 117 Å². The molecule has 2 aromatic rings. The van der Waals surface area contributed by atoms with Gasteiger partial charge in [-0.15, -0.1) is 0 Å². The normalized spacial score (nSPS) is 15.2. The summed E-state index contributed by atoms with van der Waals surface area (Å²) in [5.41, 5.74) is 2.24. The van der Waals surface area contributed by atoms with Crippen LogP contribution in [-0.4, -0.2) is 34.0 Å². The minimum absolute atomic E-state index is 0.156. The molecule has 20 heavy (non-hydrogen) atoms. The van der Waals surface area contributed by atoms with Gasteiger partial charge in [0.15, 0.2) is 5.82 Å². The molecule has 1 aliphatic rings. The first-order valence-corrected chi connectivity index (χ1v) is 6.75. The first kappa shape index (κ1) is 12.8. The summed E-state index contributed by atoms with van der Waals surface area (Å²) in [6, 6.07) is 8.06. The van der Waals surface area contributed by atoms with Crippen LogP contribution in [0.1, 0.15) is 28.8 Å². The van der Waals surface area contributed by atoms with Crippen molar-refractivity contribution in [2.24, 2.45) is 0 Å². The Morgan fingerprint density at radius 3 is 2.85 bits per heavy atom. The van der Waals surface area contributed by atoms with Crippen molar-refractivity contribution in [3.63, 3.8) is 0 Å². The lowest BCUT2D eigenvalue weighted by Crippen LogP contribution is -2.49. The van der Waals surface area contributed by atoms with Crippen molar-refractivity contribution >= 4 is 5.91 Å². The number of rotatable bonds is 3. The van der Waals surface area contributed by atoms with Crippen LogP contribution in [0, 0.1) is 13.8 Å². The zero-order chi connectivity index (χ0) is 14.1. The average molecular weight is 271 g/mol. The first-order valence-electron chi connectivity index (χ1n) is 6.75. The molecule has 1 fully saturated rings. The summed E-state index contributed by atoms with van der Waals surface area (Å²) in [4.78, 5) is 18.2. The molecular formula is C15H17N3O2. The Kier molecular flexibility index (Phi) is 3.26. The Bertz CT molecular complexity index is 630. The van der Waals surface area contributed by atoms with E-state index in [4.69, 9.17) is 4.52 Å². The van der Waals surface area contributed by atoms with Gasteiger partial charge in [0, 0.05) is 13.1 Å². The van der Waals surface area contributed by atoms with Gasteiger partial charge in [-0.05, 0) is 19.4 Å². The molecule has 5 heteroatoms. The second-order valence-electron chi connectivity index (χ2n) is 5.34. The third-order valence-electron chi connectivity index (χ3n) is 3.56. The maximum atomic E-state index is 12.1. The number of hydrogen-bond donors (Lipinski definition) is 0. The molecule has 1 amide bonds. The van der Waals surface area contributed by atoms with Crippen molar-refractivity contribution in [3.05, 3.63) is 47.1 Å². The molecule has 5 nitrogen and oxygen atoms in total. The third kappa shape index (κ3) is 2.57. The number of aromatic nitrogens is 2. The maximum Gasteiger partial charge on any atom is 0.233 e. The predicted octanol–water partition coefficient (Wildman–Crippen LogP) is 1.85. The largest absolute Gasteiger partial charge is 0.341 e. The van der Waals surface area contributed by atoms with Gasteiger partial charge in [-0.1, -0.05) is 35.0 Å². The lowest BCUT2D eigenvalue weighted by atomic mass is 9.98. The van der Waals surface area contributed by atoms with Crippen molar-refractivity contribution in [1.82, 2.24) is 15.0 Å². The van der Waals surface area contributed by atoms with Gasteiger partial charge in [0.05, 0.1) is 12.3 Å². The zero-order valence-corrected chi connectivity index (χ0v) is 11.7. The van der Waals surface area contributed by atoms with E-state index in [2.05, 4.69) is 16.2 Å². The molecule has 1 aromatic heterocycles. The summed E-state index contributed by atoms with van der Waals surface area (Å²) in [6.07, 6.45) is 0.456. The van der Waals surface area contributed by atoms with E-state index in [0.29, 0.717) is 31.2 Å². The number of amides is 1. The molecule has 0 aliphatic carbocycles. The van der Waals surface area contributed by atoms with E-state index in [0.717, 1.165) is 5.56 Å². The van der Waals surface area contributed by atoms with Crippen molar-refractivity contribution in [1.29, 1.82) is 0 Å². The zero-order valence-electron chi connectivity index (χ0n) is 11.7. The lowest BCUT2D eigenvalue weighted by Gasteiger charge is -2.37. The fourth-order valence-corrected chi connectivity index (χ4v) is 2.43. The van der Waals surface area contributed by atoms with Crippen LogP contribution in [-0.2, 0) is 11.2 Å². The maximum absolute atomic E-state index is 12.1. The number of carbonyl (C=O) groups excluding carboxylic acids is 1. The van der Waals surface area contributed by atoms with Gasteiger partial charge < -0.3 is 9.42 Å². The molecule has 0 saturated carbocycles. The fraction of sp³-hybridized carbons (Fsp3) is 0.400. The molecule has 1 aliphatic heterocycles. The highest BCUT2D eigenvalue weighted by atomic mass is 16.5. The molecule has 0 bridgehead atoms. The van der Waals surface area contributed by atoms with Gasteiger partial charge in [-0.2, -0.15) is 4.98 Å². The van der Waals surface area contributed by atoms with E-state index >= 15 is 0 Å². The summed E-state index contributed by atoms with van der Waals surface area (Å²) in [7, 11) is 0. The average Bonchev–Trinajstić information content (AvgIpc) is 2.73. The monoisotopic (exact) mass is 271 g/mol. The van der Waals surface area contributed by atoms with E-state index in [1.54, 1.807) is 6.92 Å². The first-order chi connectivity index (χ1) is 9.61. The number of aryl methyl sites for hydroxylation is 2. The summed E-state index contributed by atoms with van der Waals surface area (Å²) >= 11 is 0. The van der Waals surface area contributed by atoms with Crippen LogP contribution in [0.2, 0.25) is 0 Å². The third-order valence-corrected chi connectivity index (χ3v) is 3.56. The van der Waals surface area contributed by atoms with Gasteiger partial charge in [0.25, 0.3) is 0 Å². The number of hydrogen-bond acceptors (Lipinski definition) is 4. The molecular weight excluding hydrogens is 254 g/mol. The van der Waals surface area contributed by atoms with Crippen molar-refractivity contribution in [2.75, 3.05) is 13.1 Å². The second kappa shape index (κ2) is 5.07. The van der Waals surface area contributed by atoms with Gasteiger partial charge in [-0.3, -0.25) is 4.79 Å². The molecule has 0 unspecified atom stereocenters. The summed E-state index contributed by atoms with van der Waals surface area (Å²) in [6.45, 7) is 5.18. The van der Waals surface area contributed by atoms with Crippen LogP contribution in [0.4, 0.5) is 0 Å². The molecule has 3 rings (SSSR count). The molecule has 1 aromatic carbocycles. The Morgan fingerprint density at radius 2 is 2.20 bits per heavy atom. The molecule has 0 N–H and O–H groups in total. The van der Waals surface area contributed by atoms with Crippen LogP contribution in [0.5, 0.6) is 0 Å². The SMILES string of the molecule is Cc1cccc(CC(=O)N2CC(c3nc(C)no3)C2)c1. The summed E-state index contributed by atoms with van der Waals surface area (Å²) < 4.78 is 5.13. The molecule has 0 radical (unpaired) electrons. The second-order valence-corrected chi connectivity index (χ2v) is 5.34. The van der Waals surface area contributed by atoms with E-state index in [9.17, 15) is 4.79 Å². The molecule has 104 valence electrons. The molecule has 0 atom stereocenters. The highest BCUT2D eigenvalue weighted by Crippen LogP contribution is 2.26. The summed E-state index contributed by atoms with van der Waals surface area (Å²) in [5.74, 6) is 1.63. The Hall–Kier alpha value is -2.17. The van der Waals surface area contributed by atoms with E-state index < -0.39 is 0 Å². The van der Waals surface area contributed by atoms with Crippen LogP contribution in [0.15, 0.2) is 28.8 Å². The highest BCUT2D eigenvalue weighted by molar-refractivity contribution is 5.79. The number of carbonyl (C=O) groups is 1. The quantitative estimate of drug-likeness (QED) is 0.855.